The van der Waals surface area contributed by atoms with Crippen molar-refractivity contribution >= 4 is 0 Å². The predicted octanol–water partition coefficient (Wildman–Crippen LogP) is 4.27. The summed E-state index contributed by atoms with van der Waals surface area (Å²) in [7, 11) is 0. The monoisotopic (exact) mass is 316 g/mol. The summed E-state index contributed by atoms with van der Waals surface area (Å²) in [5.74, 6) is 1.50. The molecular weight excluding hydrogens is 288 g/mol. The largest absolute Gasteiger partial charge is 0.491 e. The molecule has 0 radical (unpaired) electrons. The van der Waals surface area contributed by atoms with E-state index in [0.29, 0.717) is 19.1 Å². The van der Waals surface area contributed by atoms with Crippen LogP contribution in [0.4, 0.5) is 0 Å². The number of aliphatic hydroxyl groups is 1. The van der Waals surface area contributed by atoms with Crippen molar-refractivity contribution in [2.45, 2.75) is 32.8 Å². The van der Waals surface area contributed by atoms with Crippen LogP contribution in [0, 0.1) is 0 Å². The quantitative estimate of drug-likeness (QED) is 0.829. The molecule has 1 N–H and O–H groups in total. The Hall–Kier alpha value is -1.84. The lowest BCUT2D eigenvalue weighted by molar-refractivity contribution is 0.0132. The number of aliphatic hydroxyl groups excluding tert-OH is 1. The van der Waals surface area contributed by atoms with E-state index < -0.39 is 0 Å². The molecule has 1 atom stereocenters. The van der Waals surface area contributed by atoms with Gasteiger partial charge in [0.05, 0.1) is 19.3 Å². The van der Waals surface area contributed by atoms with Gasteiger partial charge in [-0.2, -0.15) is 0 Å². The van der Waals surface area contributed by atoms with E-state index in [0.717, 1.165) is 5.75 Å². The Labute approximate surface area is 139 Å². The number of rotatable bonds is 7. The Morgan fingerprint density at radius 1 is 0.870 bits per heavy atom. The lowest BCUT2D eigenvalue weighted by atomic mass is 10.0. The van der Waals surface area contributed by atoms with Crippen LogP contribution >= 0.6 is 0 Å². The van der Waals surface area contributed by atoms with E-state index in [1.807, 2.05) is 43.3 Å². The van der Waals surface area contributed by atoms with Gasteiger partial charge in [0.15, 0.2) is 0 Å². The molecule has 1 unspecified atom stereocenters. The number of hydrogen-bond acceptors (Lipinski definition) is 3. The number of benzene rings is 2. The maximum absolute atomic E-state index is 8.53. The molecule has 0 aromatic heterocycles. The molecule has 2 aromatic carbocycles. The summed E-state index contributed by atoms with van der Waals surface area (Å²) in [5, 5.41) is 8.53. The fraction of sp³-hybridized carbons (Fsp3) is 0.400. The highest BCUT2D eigenvalue weighted by molar-refractivity contribution is 5.20. The second-order valence-corrected chi connectivity index (χ2v) is 5.59. The van der Waals surface area contributed by atoms with Gasteiger partial charge in [0.1, 0.15) is 12.4 Å². The first-order valence-electron chi connectivity index (χ1n) is 8.08. The van der Waals surface area contributed by atoms with Crippen molar-refractivity contribution in [2.24, 2.45) is 0 Å². The summed E-state index contributed by atoms with van der Waals surface area (Å²) in [5.41, 5.74) is 1.41. The van der Waals surface area contributed by atoms with Gasteiger partial charge in [-0.15, -0.1) is 0 Å². The lowest BCUT2D eigenvalue weighted by Gasteiger charge is -2.13. The predicted molar refractivity (Wildman–Crippen MR) is 95.0 cm³/mol. The van der Waals surface area contributed by atoms with Crippen molar-refractivity contribution in [3.05, 3.63) is 66.2 Å². The van der Waals surface area contributed by atoms with Crippen molar-refractivity contribution < 1.29 is 14.6 Å². The SMILES string of the molecule is CC(C)c1ccccc1.CC(COc1ccccc1)OCCO. The van der Waals surface area contributed by atoms with Crippen molar-refractivity contribution in [1.29, 1.82) is 0 Å². The second-order valence-electron chi connectivity index (χ2n) is 5.59. The lowest BCUT2D eigenvalue weighted by Crippen LogP contribution is -2.19. The van der Waals surface area contributed by atoms with Crippen molar-refractivity contribution in [1.82, 2.24) is 0 Å². The van der Waals surface area contributed by atoms with Crippen molar-refractivity contribution in [3.8, 4) is 5.75 Å². The van der Waals surface area contributed by atoms with Crippen molar-refractivity contribution in [2.75, 3.05) is 19.8 Å². The molecule has 3 heteroatoms. The molecule has 0 aliphatic heterocycles. The van der Waals surface area contributed by atoms with E-state index in [4.69, 9.17) is 14.6 Å². The summed E-state index contributed by atoms with van der Waals surface area (Å²) in [6.07, 6.45) is 0.00218. The Morgan fingerprint density at radius 3 is 1.91 bits per heavy atom. The summed E-state index contributed by atoms with van der Waals surface area (Å²) < 4.78 is 10.7. The Kier molecular flexibility index (Phi) is 9.76. The highest BCUT2D eigenvalue weighted by atomic mass is 16.5. The van der Waals surface area contributed by atoms with Crippen LogP contribution in [-0.2, 0) is 4.74 Å². The molecule has 0 spiro atoms. The van der Waals surface area contributed by atoms with Crippen LogP contribution in [0.2, 0.25) is 0 Å². The summed E-state index contributed by atoms with van der Waals surface area (Å²) >= 11 is 0. The van der Waals surface area contributed by atoms with Crippen LogP contribution in [0.5, 0.6) is 5.75 Å². The molecule has 0 aliphatic carbocycles. The first-order chi connectivity index (χ1) is 11.1. The fourth-order valence-electron chi connectivity index (χ4n) is 1.87. The highest BCUT2D eigenvalue weighted by Crippen LogP contribution is 2.11. The maximum Gasteiger partial charge on any atom is 0.119 e. The van der Waals surface area contributed by atoms with E-state index in [2.05, 4.69) is 38.1 Å². The van der Waals surface area contributed by atoms with Gasteiger partial charge in [0.25, 0.3) is 0 Å². The molecule has 23 heavy (non-hydrogen) atoms. The number of para-hydroxylation sites is 1. The zero-order valence-electron chi connectivity index (χ0n) is 14.3. The molecule has 0 aliphatic rings. The third kappa shape index (κ3) is 9.01. The molecule has 0 saturated heterocycles. The molecule has 126 valence electrons. The smallest absolute Gasteiger partial charge is 0.119 e. The molecule has 3 nitrogen and oxygen atoms in total. The number of ether oxygens (including phenoxy) is 2. The first kappa shape index (κ1) is 19.2. The van der Waals surface area contributed by atoms with Gasteiger partial charge in [0, 0.05) is 0 Å². The Morgan fingerprint density at radius 2 is 1.43 bits per heavy atom. The molecule has 0 heterocycles. The maximum atomic E-state index is 8.53. The van der Waals surface area contributed by atoms with Crippen LogP contribution in [0.15, 0.2) is 60.7 Å². The van der Waals surface area contributed by atoms with Gasteiger partial charge >= 0.3 is 0 Å². The molecule has 0 saturated carbocycles. The average molecular weight is 316 g/mol. The normalized spacial score (nSPS) is 11.5. The highest BCUT2D eigenvalue weighted by Gasteiger charge is 2.02. The fourth-order valence-corrected chi connectivity index (χ4v) is 1.87. The van der Waals surface area contributed by atoms with E-state index in [1.54, 1.807) is 0 Å². The topological polar surface area (TPSA) is 38.7 Å². The average Bonchev–Trinajstić information content (AvgIpc) is 2.60. The number of hydrogen-bond donors (Lipinski definition) is 1. The third-order valence-electron chi connectivity index (χ3n) is 3.19. The second kappa shape index (κ2) is 11.7. The van der Waals surface area contributed by atoms with Crippen LogP contribution < -0.4 is 4.74 Å². The van der Waals surface area contributed by atoms with Crippen LogP contribution in [0.1, 0.15) is 32.3 Å². The van der Waals surface area contributed by atoms with Crippen LogP contribution in [0.3, 0.4) is 0 Å². The van der Waals surface area contributed by atoms with Crippen molar-refractivity contribution in [3.63, 3.8) is 0 Å². The minimum absolute atomic E-state index is 0.00218. The van der Waals surface area contributed by atoms with Gasteiger partial charge in [0.2, 0.25) is 0 Å². The van der Waals surface area contributed by atoms with E-state index in [-0.39, 0.29) is 12.7 Å². The molecule has 2 aromatic rings. The van der Waals surface area contributed by atoms with Gasteiger partial charge in [-0.05, 0) is 30.5 Å². The minimum atomic E-state index is 0.00218. The molecule has 0 bridgehead atoms. The molecular formula is C20H28O3. The third-order valence-corrected chi connectivity index (χ3v) is 3.19. The van der Waals surface area contributed by atoms with Gasteiger partial charge < -0.3 is 14.6 Å². The molecule has 2 rings (SSSR count). The Balaban J connectivity index is 0.000000253. The molecule has 0 fully saturated rings. The van der Waals surface area contributed by atoms with Gasteiger partial charge in [-0.25, -0.2) is 0 Å². The molecule has 0 amide bonds. The van der Waals surface area contributed by atoms with Gasteiger partial charge in [-0.3, -0.25) is 0 Å². The summed E-state index contributed by atoms with van der Waals surface area (Å²) in [6.45, 7) is 7.24. The standard InChI is InChI=1S/C11H16O3.C9H12/c1-10(13-8-7-12)9-14-11-5-3-2-4-6-11;1-8(2)9-6-4-3-5-7-9/h2-6,10,12H,7-9H2,1H3;3-8H,1-2H3. The summed E-state index contributed by atoms with van der Waals surface area (Å²) in [6, 6.07) is 20.1. The van der Waals surface area contributed by atoms with Gasteiger partial charge in [-0.1, -0.05) is 62.4 Å². The zero-order chi connectivity index (χ0) is 16.9. The summed E-state index contributed by atoms with van der Waals surface area (Å²) in [4.78, 5) is 0. The van der Waals surface area contributed by atoms with E-state index in [1.165, 1.54) is 5.56 Å². The zero-order valence-corrected chi connectivity index (χ0v) is 14.3. The van der Waals surface area contributed by atoms with Crippen LogP contribution in [-0.4, -0.2) is 31.0 Å². The van der Waals surface area contributed by atoms with Crippen LogP contribution in [0.25, 0.3) is 0 Å². The van der Waals surface area contributed by atoms with E-state index >= 15 is 0 Å². The Bertz CT molecular complexity index is 497. The first-order valence-corrected chi connectivity index (χ1v) is 8.08. The van der Waals surface area contributed by atoms with E-state index in [9.17, 15) is 0 Å². The minimum Gasteiger partial charge on any atom is -0.491 e.